The van der Waals surface area contributed by atoms with Gasteiger partial charge in [0.2, 0.25) is 0 Å². The molecule has 0 fully saturated rings. The fourth-order valence-corrected chi connectivity index (χ4v) is 3.10. The van der Waals surface area contributed by atoms with Gasteiger partial charge >= 0.3 is 0 Å². The number of nitrogen functional groups attached to an aromatic ring is 1. The summed E-state index contributed by atoms with van der Waals surface area (Å²) in [7, 11) is -2.08. The number of rotatable bonds is 3. The molecule has 0 aliphatic rings. The molecule has 0 bridgehead atoms. The Balaban J connectivity index is 2.45. The van der Waals surface area contributed by atoms with E-state index in [2.05, 4.69) is 15.9 Å². The number of nitrogens with zero attached hydrogens (tertiary/aromatic N) is 1. The molecule has 0 radical (unpaired) electrons. The number of benzene rings is 2. The summed E-state index contributed by atoms with van der Waals surface area (Å²) in [6, 6.07) is 13.5. The van der Waals surface area contributed by atoms with Crippen molar-refractivity contribution in [1.29, 1.82) is 0 Å². The van der Waals surface area contributed by atoms with Crippen LogP contribution in [0.3, 0.4) is 0 Å². The van der Waals surface area contributed by atoms with Crippen LogP contribution in [0.5, 0.6) is 0 Å². The highest BCUT2D eigenvalue weighted by molar-refractivity contribution is 9.10. The van der Waals surface area contributed by atoms with Crippen molar-refractivity contribution in [2.75, 3.05) is 17.1 Å². The molecule has 0 saturated carbocycles. The summed E-state index contributed by atoms with van der Waals surface area (Å²) in [5, 5.41) is 0. The predicted molar refractivity (Wildman–Crippen MR) is 80.6 cm³/mol. The second-order valence-corrected chi connectivity index (χ2v) is 6.81. The van der Waals surface area contributed by atoms with Gasteiger partial charge in [-0.25, -0.2) is 8.42 Å². The largest absolute Gasteiger partial charge is 0.398 e. The Morgan fingerprint density at radius 3 is 2.32 bits per heavy atom. The molecule has 0 saturated heterocycles. The van der Waals surface area contributed by atoms with Crippen molar-refractivity contribution in [1.82, 2.24) is 0 Å². The van der Waals surface area contributed by atoms with Crippen molar-refractivity contribution in [2.45, 2.75) is 4.90 Å². The van der Waals surface area contributed by atoms with Gasteiger partial charge in [0.25, 0.3) is 10.0 Å². The molecule has 19 heavy (non-hydrogen) atoms. The third kappa shape index (κ3) is 2.74. The number of nitrogens with two attached hydrogens (primary N) is 1. The average molecular weight is 341 g/mol. The Morgan fingerprint density at radius 1 is 1.11 bits per heavy atom. The van der Waals surface area contributed by atoms with Gasteiger partial charge in [-0.15, -0.1) is 0 Å². The smallest absolute Gasteiger partial charge is 0.264 e. The lowest BCUT2D eigenvalue weighted by Crippen LogP contribution is -2.26. The molecule has 0 aromatic heterocycles. The highest BCUT2D eigenvalue weighted by Gasteiger charge is 2.21. The summed E-state index contributed by atoms with van der Waals surface area (Å²) in [6.45, 7) is 0. The monoisotopic (exact) mass is 340 g/mol. The predicted octanol–water partition coefficient (Wildman–Crippen LogP) is 2.86. The number of halogens is 1. The first kappa shape index (κ1) is 13.9. The van der Waals surface area contributed by atoms with E-state index in [1.807, 2.05) is 6.07 Å². The van der Waals surface area contributed by atoms with Crippen molar-refractivity contribution in [3.63, 3.8) is 0 Å². The first-order chi connectivity index (χ1) is 8.93. The maximum absolute atomic E-state index is 12.5. The highest BCUT2D eigenvalue weighted by atomic mass is 79.9. The number of para-hydroxylation sites is 1. The van der Waals surface area contributed by atoms with Gasteiger partial charge in [0.15, 0.2) is 0 Å². The van der Waals surface area contributed by atoms with Crippen molar-refractivity contribution in [3.8, 4) is 0 Å². The molecular formula is C13H13BrN2O2S. The fraction of sp³-hybridized carbons (Fsp3) is 0.0769. The summed E-state index contributed by atoms with van der Waals surface area (Å²) < 4.78 is 26.8. The van der Waals surface area contributed by atoms with Crippen LogP contribution >= 0.6 is 15.9 Å². The summed E-state index contributed by atoms with van der Waals surface area (Å²) >= 11 is 3.24. The van der Waals surface area contributed by atoms with Gasteiger partial charge in [0.05, 0.1) is 10.6 Å². The molecule has 2 aromatic carbocycles. The van der Waals surface area contributed by atoms with Crippen molar-refractivity contribution in [2.24, 2.45) is 0 Å². The van der Waals surface area contributed by atoms with Crippen LogP contribution in [0, 0.1) is 0 Å². The van der Waals surface area contributed by atoms with Crippen LogP contribution in [-0.2, 0) is 10.0 Å². The molecule has 0 spiro atoms. The van der Waals surface area contributed by atoms with Crippen LogP contribution in [-0.4, -0.2) is 15.5 Å². The Bertz CT molecular complexity index is 687. The zero-order valence-corrected chi connectivity index (χ0v) is 12.6. The van der Waals surface area contributed by atoms with Gasteiger partial charge in [-0.1, -0.05) is 18.2 Å². The molecule has 0 aliphatic heterocycles. The first-order valence-electron chi connectivity index (χ1n) is 5.52. The van der Waals surface area contributed by atoms with E-state index in [1.54, 1.807) is 30.3 Å². The first-order valence-corrected chi connectivity index (χ1v) is 7.75. The van der Waals surface area contributed by atoms with Gasteiger partial charge in [-0.05, 0) is 46.3 Å². The minimum absolute atomic E-state index is 0.166. The fourth-order valence-electron chi connectivity index (χ4n) is 1.62. The molecule has 0 atom stereocenters. The molecule has 2 aromatic rings. The molecule has 0 heterocycles. The maximum atomic E-state index is 12.5. The van der Waals surface area contributed by atoms with E-state index < -0.39 is 10.0 Å². The summed E-state index contributed by atoms with van der Waals surface area (Å²) in [5.41, 5.74) is 6.72. The van der Waals surface area contributed by atoms with E-state index in [9.17, 15) is 8.42 Å². The van der Waals surface area contributed by atoms with Gasteiger partial charge in [0.1, 0.15) is 0 Å². The van der Waals surface area contributed by atoms with Gasteiger partial charge in [0, 0.05) is 17.2 Å². The molecule has 2 N–H and O–H groups in total. The van der Waals surface area contributed by atoms with E-state index in [1.165, 1.54) is 23.5 Å². The Labute approximate surface area is 121 Å². The van der Waals surface area contributed by atoms with Crippen LogP contribution in [0.1, 0.15) is 0 Å². The van der Waals surface area contributed by atoms with Crippen LogP contribution in [0.4, 0.5) is 11.4 Å². The molecule has 4 nitrogen and oxygen atoms in total. The topological polar surface area (TPSA) is 63.4 Å². The molecule has 2 rings (SSSR count). The van der Waals surface area contributed by atoms with E-state index in [0.29, 0.717) is 15.8 Å². The van der Waals surface area contributed by atoms with Gasteiger partial charge in [-0.2, -0.15) is 0 Å². The second kappa shape index (κ2) is 5.22. The second-order valence-electron chi connectivity index (χ2n) is 3.99. The zero-order chi connectivity index (χ0) is 14.0. The Morgan fingerprint density at radius 2 is 1.74 bits per heavy atom. The minimum atomic E-state index is -3.60. The lowest BCUT2D eigenvalue weighted by atomic mass is 10.3. The third-order valence-electron chi connectivity index (χ3n) is 2.75. The quantitative estimate of drug-likeness (QED) is 0.873. The Kier molecular flexibility index (Phi) is 3.82. The molecule has 0 unspecified atom stereocenters. The lowest BCUT2D eigenvalue weighted by molar-refractivity contribution is 0.594. The zero-order valence-electron chi connectivity index (χ0n) is 10.2. The SMILES string of the molecule is CN(c1ccccc1)S(=O)(=O)c1ccc(Br)c(N)c1. The molecule has 0 aliphatic carbocycles. The summed E-state index contributed by atoms with van der Waals surface area (Å²) in [4.78, 5) is 0.166. The minimum Gasteiger partial charge on any atom is -0.398 e. The number of hydrogen-bond donors (Lipinski definition) is 1. The van der Waals surface area contributed by atoms with Crippen molar-refractivity contribution >= 4 is 37.3 Å². The van der Waals surface area contributed by atoms with Crippen molar-refractivity contribution in [3.05, 3.63) is 53.0 Å². The van der Waals surface area contributed by atoms with E-state index in [-0.39, 0.29) is 4.90 Å². The summed E-state index contributed by atoms with van der Waals surface area (Å²) in [5.74, 6) is 0. The molecule has 6 heteroatoms. The van der Waals surface area contributed by atoms with Crippen LogP contribution in [0.15, 0.2) is 57.9 Å². The van der Waals surface area contributed by atoms with E-state index >= 15 is 0 Å². The third-order valence-corrected chi connectivity index (χ3v) is 5.25. The number of anilines is 2. The van der Waals surface area contributed by atoms with Crippen molar-refractivity contribution < 1.29 is 8.42 Å². The highest BCUT2D eigenvalue weighted by Crippen LogP contribution is 2.26. The number of hydrogen-bond acceptors (Lipinski definition) is 3. The Hall–Kier alpha value is -1.53. The average Bonchev–Trinajstić information content (AvgIpc) is 2.41. The van der Waals surface area contributed by atoms with E-state index in [4.69, 9.17) is 5.73 Å². The molecule has 100 valence electrons. The van der Waals surface area contributed by atoms with Gasteiger partial charge < -0.3 is 5.73 Å². The van der Waals surface area contributed by atoms with Crippen LogP contribution in [0.25, 0.3) is 0 Å². The summed E-state index contributed by atoms with van der Waals surface area (Å²) in [6.07, 6.45) is 0. The van der Waals surface area contributed by atoms with Crippen LogP contribution < -0.4 is 10.0 Å². The normalized spacial score (nSPS) is 11.3. The lowest BCUT2D eigenvalue weighted by Gasteiger charge is -2.19. The number of sulfonamides is 1. The van der Waals surface area contributed by atoms with E-state index in [0.717, 1.165) is 0 Å². The molecular weight excluding hydrogens is 328 g/mol. The maximum Gasteiger partial charge on any atom is 0.264 e. The standard InChI is InChI=1S/C13H13BrN2O2S/c1-16(10-5-3-2-4-6-10)19(17,18)11-7-8-12(14)13(15)9-11/h2-9H,15H2,1H3. The van der Waals surface area contributed by atoms with Gasteiger partial charge in [-0.3, -0.25) is 4.31 Å². The molecule has 0 amide bonds. The van der Waals surface area contributed by atoms with Crippen LogP contribution in [0.2, 0.25) is 0 Å².